The van der Waals surface area contributed by atoms with Gasteiger partial charge in [-0.1, -0.05) is 18.2 Å². The van der Waals surface area contributed by atoms with E-state index in [0.717, 1.165) is 11.3 Å². The molecule has 0 saturated carbocycles. The number of para-hydroxylation sites is 1. The smallest absolute Gasteiger partial charge is 0.301 e. The lowest BCUT2D eigenvalue weighted by Gasteiger charge is -2.15. The summed E-state index contributed by atoms with van der Waals surface area (Å²) < 4.78 is 4.84. The number of hydrogen-bond acceptors (Lipinski definition) is 7. The van der Waals surface area contributed by atoms with Crippen LogP contribution in [0.3, 0.4) is 0 Å². The second kappa shape index (κ2) is 5.98. The highest BCUT2D eigenvalue weighted by Crippen LogP contribution is 2.18. The Morgan fingerprint density at radius 3 is 2.79 bits per heavy atom. The third-order valence-corrected chi connectivity index (χ3v) is 4.60. The van der Waals surface area contributed by atoms with Crippen molar-refractivity contribution in [3.63, 3.8) is 0 Å². The van der Waals surface area contributed by atoms with Gasteiger partial charge in [0.25, 0.3) is 0 Å². The highest BCUT2D eigenvalue weighted by molar-refractivity contribution is 5.81. The first kappa shape index (κ1) is 16.1. The predicted octanol–water partition coefficient (Wildman–Crippen LogP) is 0.959. The van der Waals surface area contributed by atoms with Gasteiger partial charge in [0, 0.05) is 12.4 Å². The summed E-state index contributed by atoms with van der Waals surface area (Å²) in [5.74, 6) is 0.819. The minimum atomic E-state index is -0.247. The highest BCUT2D eigenvalue weighted by atomic mass is 16.1. The summed E-state index contributed by atoms with van der Waals surface area (Å²) in [6.07, 6.45) is 6.20. The van der Waals surface area contributed by atoms with Crippen molar-refractivity contribution < 1.29 is 0 Å². The molecule has 5 aromatic rings. The van der Waals surface area contributed by atoms with E-state index in [1.54, 1.807) is 27.9 Å². The Bertz CT molecular complexity index is 1400. The molecule has 0 atom stereocenters. The molecule has 0 aliphatic carbocycles. The van der Waals surface area contributed by atoms with Crippen molar-refractivity contribution in [2.24, 2.45) is 0 Å². The normalized spacial score (nSPS) is 11.5. The molecule has 28 heavy (non-hydrogen) atoms. The van der Waals surface area contributed by atoms with Crippen LogP contribution in [0, 0.1) is 6.92 Å². The summed E-state index contributed by atoms with van der Waals surface area (Å²) in [5, 5.41) is 4.61. The average Bonchev–Trinajstić information content (AvgIpc) is 3.32. The van der Waals surface area contributed by atoms with Gasteiger partial charge in [0.2, 0.25) is 5.65 Å². The SMILES string of the molecule is Cc1ccccc1-n1c(Cn2cnc3c(N)ncnc32)nn2ccnc2c1=O. The molecule has 10 heteroatoms. The van der Waals surface area contributed by atoms with Crippen LogP contribution in [-0.2, 0) is 6.54 Å². The molecule has 2 N–H and O–H groups in total. The molecule has 0 spiro atoms. The van der Waals surface area contributed by atoms with Gasteiger partial charge in [-0.2, -0.15) is 5.10 Å². The van der Waals surface area contributed by atoms with Gasteiger partial charge in [-0.25, -0.2) is 24.5 Å². The maximum atomic E-state index is 13.2. The Hall–Kier alpha value is -4.08. The number of aromatic nitrogens is 8. The molecule has 5 rings (SSSR count). The van der Waals surface area contributed by atoms with E-state index in [0.29, 0.717) is 22.8 Å². The van der Waals surface area contributed by atoms with Crippen LogP contribution in [0.25, 0.3) is 22.5 Å². The van der Waals surface area contributed by atoms with Crippen LogP contribution < -0.4 is 11.3 Å². The summed E-state index contributed by atoms with van der Waals surface area (Å²) in [4.78, 5) is 29.8. The van der Waals surface area contributed by atoms with Gasteiger partial charge >= 0.3 is 5.56 Å². The molecule has 4 heterocycles. The Morgan fingerprint density at radius 2 is 1.93 bits per heavy atom. The largest absolute Gasteiger partial charge is 0.382 e. The molecule has 0 radical (unpaired) electrons. The molecule has 138 valence electrons. The topological polar surface area (TPSA) is 122 Å². The highest BCUT2D eigenvalue weighted by Gasteiger charge is 2.17. The molecule has 0 amide bonds. The van der Waals surface area contributed by atoms with Crippen molar-refractivity contribution in [2.45, 2.75) is 13.5 Å². The van der Waals surface area contributed by atoms with Crippen molar-refractivity contribution in [1.29, 1.82) is 0 Å². The summed E-state index contributed by atoms with van der Waals surface area (Å²) in [6.45, 7) is 2.21. The van der Waals surface area contributed by atoms with E-state index < -0.39 is 0 Å². The van der Waals surface area contributed by atoms with E-state index in [1.807, 2.05) is 31.2 Å². The van der Waals surface area contributed by atoms with Gasteiger partial charge in [0.1, 0.15) is 11.8 Å². The second-order valence-corrected chi connectivity index (χ2v) is 6.34. The molecule has 10 nitrogen and oxygen atoms in total. The maximum absolute atomic E-state index is 13.2. The Kier molecular flexibility index (Phi) is 3.44. The number of benzene rings is 1. The molecule has 0 aliphatic rings. The van der Waals surface area contributed by atoms with E-state index in [9.17, 15) is 4.79 Å². The lowest BCUT2D eigenvalue weighted by atomic mass is 10.2. The maximum Gasteiger partial charge on any atom is 0.301 e. The minimum absolute atomic E-state index is 0.247. The Morgan fingerprint density at radius 1 is 1.07 bits per heavy atom. The van der Waals surface area contributed by atoms with Crippen LogP contribution in [0.2, 0.25) is 0 Å². The van der Waals surface area contributed by atoms with Gasteiger partial charge < -0.3 is 10.3 Å². The monoisotopic (exact) mass is 373 g/mol. The standard InChI is InChI=1S/C18H15N9O/c1-11-4-2-3-5-12(11)27-13(24-26-7-6-20-17(26)18(27)28)8-25-10-23-14-15(19)21-9-22-16(14)25/h2-7,9-10H,8H2,1H3,(H2,19,21,22). The van der Waals surface area contributed by atoms with Gasteiger partial charge in [0.05, 0.1) is 18.6 Å². The second-order valence-electron chi connectivity index (χ2n) is 6.34. The first-order chi connectivity index (χ1) is 13.6. The molecular formula is C18H15N9O. The number of anilines is 1. The van der Waals surface area contributed by atoms with Crippen LogP contribution in [0.15, 0.2) is 54.1 Å². The summed E-state index contributed by atoms with van der Waals surface area (Å²) in [6, 6.07) is 7.64. The predicted molar refractivity (Wildman–Crippen MR) is 102 cm³/mol. The van der Waals surface area contributed by atoms with Gasteiger partial charge in [-0.15, -0.1) is 0 Å². The van der Waals surface area contributed by atoms with Crippen molar-refractivity contribution in [2.75, 3.05) is 5.73 Å². The zero-order valence-electron chi connectivity index (χ0n) is 14.9. The summed E-state index contributed by atoms with van der Waals surface area (Å²) in [7, 11) is 0. The van der Waals surface area contributed by atoms with Gasteiger partial charge in [-0.05, 0) is 18.6 Å². The van der Waals surface area contributed by atoms with E-state index in [4.69, 9.17) is 5.73 Å². The molecule has 4 aromatic heterocycles. The number of nitrogens with two attached hydrogens (primary N) is 1. The zero-order valence-corrected chi connectivity index (χ0v) is 14.9. The molecule has 0 unspecified atom stereocenters. The third kappa shape index (κ3) is 2.35. The molecule has 0 bridgehead atoms. The lowest BCUT2D eigenvalue weighted by Crippen LogP contribution is -2.28. The summed E-state index contributed by atoms with van der Waals surface area (Å²) >= 11 is 0. The fourth-order valence-electron chi connectivity index (χ4n) is 3.25. The van der Waals surface area contributed by atoms with E-state index in [1.165, 1.54) is 10.8 Å². The number of nitrogen functional groups attached to an aromatic ring is 1. The van der Waals surface area contributed by atoms with Gasteiger partial charge in [-0.3, -0.25) is 9.36 Å². The Balaban J connectivity index is 1.76. The zero-order chi connectivity index (χ0) is 19.3. The quantitative estimate of drug-likeness (QED) is 0.500. The van der Waals surface area contributed by atoms with Crippen LogP contribution in [0.4, 0.5) is 5.82 Å². The molecule has 0 fully saturated rings. The van der Waals surface area contributed by atoms with Crippen molar-refractivity contribution >= 4 is 22.6 Å². The molecule has 0 aliphatic heterocycles. The number of rotatable bonds is 3. The van der Waals surface area contributed by atoms with Crippen LogP contribution in [0.1, 0.15) is 11.4 Å². The average molecular weight is 373 g/mol. The van der Waals surface area contributed by atoms with Crippen molar-refractivity contribution in [1.82, 2.24) is 38.7 Å². The number of imidazole rings is 2. The van der Waals surface area contributed by atoms with Crippen molar-refractivity contribution in [3.05, 3.63) is 71.1 Å². The number of aryl methyl sites for hydroxylation is 1. The number of nitrogens with zero attached hydrogens (tertiary/aromatic N) is 8. The first-order valence-corrected chi connectivity index (χ1v) is 8.56. The van der Waals surface area contributed by atoms with Crippen LogP contribution in [-0.4, -0.2) is 38.7 Å². The molecule has 1 aromatic carbocycles. The van der Waals surface area contributed by atoms with E-state index in [2.05, 4.69) is 25.0 Å². The van der Waals surface area contributed by atoms with Crippen LogP contribution in [0.5, 0.6) is 0 Å². The summed E-state index contributed by atoms with van der Waals surface area (Å²) in [5.41, 5.74) is 8.67. The van der Waals surface area contributed by atoms with Crippen LogP contribution >= 0.6 is 0 Å². The minimum Gasteiger partial charge on any atom is -0.382 e. The van der Waals surface area contributed by atoms with E-state index >= 15 is 0 Å². The third-order valence-electron chi connectivity index (χ3n) is 4.60. The number of fused-ring (bicyclic) bond motifs is 2. The fraction of sp³-hybridized carbons (Fsp3) is 0.111. The van der Waals surface area contributed by atoms with E-state index in [-0.39, 0.29) is 17.8 Å². The molecular weight excluding hydrogens is 358 g/mol. The van der Waals surface area contributed by atoms with Gasteiger partial charge in [0.15, 0.2) is 17.3 Å². The molecule has 0 saturated heterocycles. The Labute approximate surface area is 157 Å². The first-order valence-electron chi connectivity index (χ1n) is 8.56. The number of hydrogen-bond donors (Lipinski definition) is 1. The lowest BCUT2D eigenvalue weighted by molar-refractivity contribution is 0.667. The van der Waals surface area contributed by atoms with Crippen molar-refractivity contribution in [3.8, 4) is 5.69 Å². The fourth-order valence-corrected chi connectivity index (χ4v) is 3.25.